The Kier molecular flexibility index (Phi) is 3.98. The molecule has 0 N–H and O–H groups in total. The van der Waals surface area contributed by atoms with Crippen LogP contribution in [0.2, 0.25) is 0 Å². The van der Waals surface area contributed by atoms with Gasteiger partial charge < -0.3 is 9.80 Å². The summed E-state index contributed by atoms with van der Waals surface area (Å²) in [5, 5.41) is 0. The predicted octanol–water partition coefficient (Wildman–Crippen LogP) is 6.86. The summed E-state index contributed by atoms with van der Waals surface area (Å²) in [7, 11) is 0. The summed E-state index contributed by atoms with van der Waals surface area (Å²) < 4.78 is 9.42. The standard InChI is InChI=1S/C30H26N2/c1-22-13-9-11-19-27(22)31-21-32-28-20-12-10-18-26(28)30(29(32)23(31)2,24-14-5-3-6-15-24)25-16-7-4-8-17-25/h3-20H,21H2,1-2H3/i21D. The van der Waals surface area contributed by atoms with Crippen molar-refractivity contribution in [2.45, 2.75) is 19.3 Å². The number of nitrogens with zero attached hydrogens (tertiary/aromatic N) is 2. The molecule has 0 aromatic heterocycles. The predicted molar refractivity (Wildman–Crippen MR) is 133 cm³/mol. The zero-order valence-corrected chi connectivity index (χ0v) is 18.4. The monoisotopic (exact) mass is 415 g/mol. The molecule has 2 aliphatic rings. The van der Waals surface area contributed by atoms with Crippen LogP contribution in [-0.2, 0) is 5.41 Å². The van der Waals surface area contributed by atoms with Crippen LogP contribution >= 0.6 is 0 Å². The molecule has 2 heterocycles. The fourth-order valence-electron chi connectivity index (χ4n) is 5.52. The largest absolute Gasteiger partial charge is 0.325 e. The number of para-hydroxylation sites is 2. The van der Waals surface area contributed by atoms with Gasteiger partial charge in [0.1, 0.15) is 0 Å². The molecule has 2 aliphatic heterocycles. The first-order valence-corrected chi connectivity index (χ1v) is 11.1. The van der Waals surface area contributed by atoms with Gasteiger partial charge in [0.2, 0.25) is 0 Å². The molecule has 0 bridgehead atoms. The first kappa shape index (κ1) is 17.9. The van der Waals surface area contributed by atoms with Crippen LogP contribution in [0.25, 0.3) is 0 Å². The molecule has 2 heteroatoms. The molecule has 1 atom stereocenters. The highest BCUT2D eigenvalue weighted by atomic mass is 15.4. The van der Waals surface area contributed by atoms with Crippen LogP contribution in [0.3, 0.4) is 0 Å². The Bertz CT molecular complexity index is 1320. The molecule has 0 radical (unpaired) electrons. The molecule has 0 fully saturated rings. The Morgan fingerprint density at radius 3 is 1.78 bits per heavy atom. The molecule has 156 valence electrons. The van der Waals surface area contributed by atoms with Gasteiger partial charge in [0.25, 0.3) is 0 Å². The summed E-state index contributed by atoms with van der Waals surface area (Å²) in [4.78, 5) is 4.42. The van der Waals surface area contributed by atoms with Crippen molar-refractivity contribution in [2.75, 3.05) is 16.4 Å². The number of fused-ring (bicyclic) bond motifs is 3. The third-order valence-corrected chi connectivity index (χ3v) is 6.89. The van der Waals surface area contributed by atoms with Gasteiger partial charge in [-0.3, -0.25) is 0 Å². The highest BCUT2D eigenvalue weighted by Crippen LogP contribution is 2.58. The minimum atomic E-state index is -0.573. The third-order valence-electron chi connectivity index (χ3n) is 6.89. The second-order valence-corrected chi connectivity index (χ2v) is 8.58. The van der Waals surface area contributed by atoms with E-state index in [1.54, 1.807) is 0 Å². The summed E-state index contributed by atoms with van der Waals surface area (Å²) in [6, 6.07) is 38.5. The van der Waals surface area contributed by atoms with Crippen molar-refractivity contribution in [3.8, 4) is 0 Å². The van der Waals surface area contributed by atoms with E-state index in [9.17, 15) is 1.37 Å². The molecule has 4 aromatic carbocycles. The molecule has 6 rings (SSSR count). The molecule has 0 saturated carbocycles. The van der Waals surface area contributed by atoms with Crippen molar-refractivity contribution in [1.29, 1.82) is 0 Å². The Balaban J connectivity index is 1.73. The Morgan fingerprint density at radius 2 is 1.16 bits per heavy atom. The van der Waals surface area contributed by atoms with E-state index in [0.29, 0.717) is 0 Å². The van der Waals surface area contributed by atoms with Gasteiger partial charge in [-0.05, 0) is 48.2 Å². The van der Waals surface area contributed by atoms with E-state index in [1.807, 2.05) is 0 Å². The molecule has 0 saturated heterocycles. The maximum Gasteiger partial charge on any atom is 0.0995 e. The molecule has 0 amide bonds. The van der Waals surface area contributed by atoms with Crippen molar-refractivity contribution >= 4 is 11.4 Å². The number of benzene rings is 4. The van der Waals surface area contributed by atoms with Crippen LogP contribution in [0.5, 0.6) is 0 Å². The molecular weight excluding hydrogens is 388 g/mol. The lowest BCUT2D eigenvalue weighted by Gasteiger charge is -2.34. The molecule has 32 heavy (non-hydrogen) atoms. The van der Waals surface area contributed by atoms with Crippen LogP contribution in [0.15, 0.2) is 121 Å². The van der Waals surface area contributed by atoms with Crippen LogP contribution in [0.1, 0.15) is 30.5 Å². The smallest absolute Gasteiger partial charge is 0.0995 e. The van der Waals surface area contributed by atoms with Crippen LogP contribution in [-0.4, -0.2) is 6.64 Å². The first-order valence-electron chi connectivity index (χ1n) is 11.7. The van der Waals surface area contributed by atoms with Gasteiger partial charge in [0.15, 0.2) is 0 Å². The highest BCUT2D eigenvalue weighted by molar-refractivity contribution is 5.83. The lowest BCUT2D eigenvalue weighted by atomic mass is 9.68. The van der Waals surface area contributed by atoms with E-state index >= 15 is 0 Å². The van der Waals surface area contributed by atoms with Crippen LogP contribution in [0.4, 0.5) is 11.4 Å². The van der Waals surface area contributed by atoms with Crippen molar-refractivity contribution < 1.29 is 1.37 Å². The lowest BCUT2D eigenvalue weighted by molar-refractivity contribution is 0.740. The summed E-state index contributed by atoms with van der Waals surface area (Å²) in [6.07, 6.45) is 0. The van der Waals surface area contributed by atoms with Crippen molar-refractivity contribution in [2.24, 2.45) is 0 Å². The number of hydrogen-bond acceptors (Lipinski definition) is 2. The number of hydrogen-bond donors (Lipinski definition) is 0. The van der Waals surface area contributed by atoms with E-state index in [-0.39, 0.29) is 0 Å². The van der Waals surface area contributed by atoms with Crippen molar-refractivity contribution in [1.82, 2.24) is 0 Å². The Morgan fingerprint density at radius 1 is 0.625 bits per heavy atom. The van der Waals surface area contributed by atoms with Gasteiger partial charge in [0, 0.05) is 17.1 Å². The lowest BCUT2D eigenvalue weighted by Crippen LogP contribution is -2.32. The summed E-state index contributed by atoms with van der Waals surface area (Å²) in [6.45, 7) is 3.73. The molecule has 2 nitrogen and oxygen atoms in total. The van der Waals surface area contributed by atoms with Gasteiger partial charge >= 0.3 is 0 Å². The first-order chi connectivity index (χ1) is 16.2. The third kappa shape index (κ3) is 2.47. The van der Waals surface area contributed by atoms with Crippen LogP contribution in [0, 0.1) is 6.92 Å². The number of anilines is 2. The van der Waals surface area contributed by atoms with E-state index < -0.39 is 12.1 Å². The SMILES string of the molecule is [2H]C1N(c2ccccc2C)C(C)=C2N1c1ccccc1C2(c1ccccc1)c1ccccc1. The van der Waals surface area contributed by atoms with E-state index in [1.165, 1.54) is 28.0 Å². The van der Waals surface area contributed by atoms with Crippen molar-refractivity contribution in [3.63, 3.8) is 0 Å². The van der Waals surface area contributed by atoms with E-state index in [4.69, 9.17) is 0 Å². The maximum absolute atomic E-state index is 9.42. The Hall–Kier alpha value is -3.78. The van der Waals surface area contributed by atoms with Gasteiger partial charge in [-0.25, -0.2) is 0 Å². The van der Waals surface area contributed by atoms with E-state index in [2.05, 4.69) is 133 Å². The molecule has 1 unspecified atom stereocenters. The second-order valence-electron chi connectivity index (χ2n) is 8.58. The minimum absolute atomic E-state index is 0.486. The average molecular weight is 416 g/mol. The second kappa shape index (κ2) is 7.13. The topological polar surface area (TPSA) is 6.48 Å². The molecular formula is C30H26N2. The number of aryl methyl sites for hydroxylation is 1. The quantitative estimate of drug-likeness (QED) is 0.361. The maximum atomic E-state index is 9.42. The van der Waals surface area contributed by atoms with Crippen LogP contribution < -0.4 is 9.80 Å². The zero-order valence-electron chi connectivity index (χ0n) is 19.4. The molecule has 0 aliphatic carbocycles. The van der Waals surface area contributed by atoms with Gasteiger partial charge in [-0.1, -0.05) is 97.1 Å². The van der Waals surface area contributed by atoms with Gasteiger partial charge in [-0.2, -0.15) is 0 Å². The summed E-state index contributed by atoms with van der Waals surface area (Å²) in [5.41, 5.74) is 8.85. The fraction of sp³-hybridized carbons (Fsp3) is 0.133. The normalized spacial score (nSPS) is 19.1. The van der Waals surface area contributed by atoms with Gasteiger partial charge in [-0.15, -0.1) is 0 Å². The van der Waals surface area contributed by atoms with E-state index in [0.717, 1.165) is 17.1 Å². The zero-order chi connectivity index (χ0) is 22.6. The van der Waals surface area contributed by atoms with Crippen molar-refractivity contribution in [3.05, 3.63) is 143 Å². The summed E-state index contributed by atoms with van der Waals surface area (Å²) >= 11 is 0. The minimum Gasteiger partial charge on any atom is -0.325 e. The van der Waals surface area contributed by atoms with Gasteiger partial charge in [0.05, 0.1) is 19.1 Å². The molecule has 0 spiro atoms. The number of allylic oxidation sites excluding steroid dienone is 2. The average Bonchev–Trinajstić information content (AvgIpc) is 3.31. The highest BCUT2D eigenvalue weighted by Gasteiger charge is 2.53. The molecule has 4 aromatic rings. The summed E-state index contributed by atoms with van der Waals surface area (Å²) in [5.74, 6) is 0. The Labute approximate surface area is 191 Å². The number of rotatable bonds is 3. The fourth-order valence-corrected chi connectivity index (χ4v) is 5.52.